The summed E-state index contributed by atoms with van der Waals surface area (Å²) in [5.74, 6) is -0.189. The van der Waals surface area contributed by atoms with E-state index < -0.39 is 0 Å². The largest absolute Gasteiger partial charge is 0.353 e. The number of nitrogens with zero attached hydrogens (tertiary/aromatic N) is 1. The highest BCUT2D eigenvalue weighted by Crippen LogP contribution is 2.20. The molecule has 0 saturated carbocycles. The Balaban J connectivity index is 1.89. The fourth-order valence-electron chi connectivity index (χ4n) is 1.81. The first kappa shape index (κ1) is 14.0. The lowest BCUT2D eigenvalue weighted by Crippen LogP contribution is -2.58. The number of nitrogens with one attached hydrogen (secondary N) is 3. The van der Waals surface area contributed by atoms with Crippen molar-refractivity contribution in [3.8, 4) is 0 Å². The lowest BCUT2D eigenvalue weighted by Gasteiger charge is -2.24. The minimum absolute atomic E-state index is 0.0791. The van der Waals surface area contributed by atoms with Crippen LogP contribution in [0.25, 0.3) is 0 Å². The van der Waals surface area contributed by atoms with E-state index in [1.807, 2.05) is 13.1 Å². The first-order valence-electron chi connectivity index (χ1n) is 6.35. The van der Waals surface area contributed by atoms with Gasteiger partial charge in [-0.3, -0.25) is 14.9 Å². The van der Waals surface area contributed by atoms with Gasteiger partial charge in [0.25, 0.3) is 0 Å². The van der Waals surface area contributed by atoms with Crippen molar-refractivity contribution in [3.05, 3.63) is 16.1 Å². The Morgan fingerprint density at radius 2 is 2.47 bits per heavy atom. The number of hydrogen-bond acceptors (Lipinski definition) is 5. The molecule has 1 aromatic heterocycles. The number of thiazole rings is 1. The zero-order chi connectivity index (χ0) is 13.8. The zero-order valence-corrected chi connectivity index (χ0v) is 11.8. The monoisotopic (exact) mass is 282 g/mol. The Hall–Kier alpha value is -1.47. The minimum Gasteiger partial charge on any atom is -0.353 e. The van der Waals surface area contributed by atoms with Crippen LogP contribution in [0.15, 0.2) is 6.20 Å². The summed E-state index contributed by atoms with van der Waals surface area (Å²) in [6, 6.07) is -0.483. The van der Waals surface area contributed by atoms with Crippen molar-refractivity contribution >= 4 is 23.2 Å². The molecule has 6 nitrogen and oxygen atoms in total. The second-order valence-electron chi connectivity index (χ2n) is 4.49. The van der Waals surface area contributed by atoms with Crippen LogP contribution in [0.5, 0.6) is 0 Å². The third-order valence-corrected chi connectivity index (χ3v) is 4.30. The molecule has 2 heterocycles. The average Bonchev–Trinajstić information content (AvgIpc) is 2.88. The van der Waals surface area contributed by atoms with Crippen molar-refractivity contribution in [1.82, 2.24) is 20.9 Å². The number of carbonyl (C=O) groups excluding carboxylic acids is 2. The molecule has 1 fully saturated rings. The van der Waals surface area contributed by atoms with Crippen molar-refractivity contribution in [3.63, 3.8) is 0 Å². The predicted molar refractivity (Wildman–Crippen MR) is 72.9 cm³/mol. The molecule has 1 aliphatic heterocycles. The van der Waals surface area contributed by atoms with Crippen LogP contribution < -0.4 is 16.0 Å². The third kappa shape index (κ3) is 3.51. The van der Waals surface area contributed by atoms with Crippen LogP contribution in [0.4, 0.5) is 0 Å². The van der Waals surface area contributed by atoms with E-state index in [2.05, 4.69) is 27.9 Å². The second-order valence-corrected chi connectivity index (χ2v) is 5.63. The molecule has 0 spiro atoms. The minimum atomic E-state index is -0.370. The third-order valence-electron chi connectivity index (χ3n) is 2.98. The molecule has 7 heteroatoms. The fraction of sp³-hybridized carbons (Fsp3) is 0.583. The molecule has 3 N–H and O–H groups in total. The molecule has 0 aromatic carbocycles. The summed E-state index contributed by atoms with van der Waals surface area (Å²) in [6.45, 7) is 4.51. The number of aromatic nitrogens is 1. The number of piperazine rings is 1. The molecule has 0 aliphatic carbocycles. The predicted octanol–water partition coefficient (Wildman–Crippen LogP) is -0.0293. The highest BCUT2D eigenvalue weighted by Gasteiger charge is 2.25. The van der Waals surface area contributed by atoms with Crippen molar-refractivity contribution in [2.24, 2.45) is 0 Å². The van der Waals surface area contributed by atoms with Gasteiger partial charge in [-0.1, -0.05) is 6.92 Å². The molecule has 1 aromatic rings. The standard InChI is InChI=1S/C12H18N4O2S/c1-3-8-4-15-12(19-8)7(2)16-11(18)9-5-14-10(17)6-13-9/h4,7,9,13H,3,5-6H2,1-2H3,(H,14,17)(H,16,18). The summed E-state index contributed by atoms with van der Waals surface area (Å²) in [5.41, 5.74) is 0. The van der Waals surface area contributed by atoms with E-state index >= 15 is 0 Å². The summed E-state index contributed by atoms with van der Waals surface area (Å²) < 4.78 is 0. The average molecular weight is 282 g/mol. The maximum Gasteiger partial charge on any atom is 0.239 e. The van der Waals surface area contributed by atoms with Crippen LogP contribution in [0, 0.1) is 0 Å². The number of aryl methyl sites for hydroxylation is 1. The second kappa shape index (κ2) is 6.12. The van der Waals surface area contributed by atoms with Gasteiger partial charge in [0, 0.05) is 17.6 Å². The zero-order valence-electron chi connectivity index (χ0n) is 11.0. The molecule has 2 atom stereocenters. The van der Waals surface area contributed by atoms with Crippen LogP contribution in [0.2, 0.25) is 0 Å². The first-order valence-corrected chi connectivity index (χ1v) is 7.17. The molecule has 1 aliphatic rings. The number of amides is 2. The lowest BCUT2D eigenvalue weighted by atomic mass is 10.2. The first-order chi connectivity index (χ1) is 9.10. The highest BCUT2D eigenvalue weighted by atomic mass is 32.1. The Morgan fingerprint density at radius 1 is 1.68 bits per heavy atom. The molecule has 2 rings (SSSR count). The molecule has 1 saturated heterocycles. The maximum absolute atomic E-state index is 12.0. The summed E-state index contributed by atoms with van der Waals surface area (Å²) in [4.78, 5) is 28.5. The van der Waals surface area contributed by atoms with Gasteiger partial charge in [-0.05, 0) is 13.3 Å². The molecule has 0 bridgehead atoms. The number of rotatable bonds is 4. The van der Waals surface area contributed by atoms with Gasteiger partial charge in [-0.25, -0.2) is 4.98 Å². The summed E-state index contributed by atoms with van der Waals surface area (Å²) in [5, 5.41) is 9.39. The molecule has 104 valence electrons. The van der Waals surface area contributed by atoms with Gasteiger partial charge in [-0.15, -0.1) is 11.3 Å². The van der Waals surface area contributed by atoms with E-state index in [0.29, 0.717) is 6.54 Å². The summed E-state index contributed by atoms with van der Waals surface area (Å²) in [7, 11) is 0. The molecule has 2 amide bonds. The van der Waals surface area contributed by atoms with Crippen LogP contribution in [-0.4, -0.2) is 35.9 Å². The maximum atomic E-state index is 12.0. The topological polar surface area (TPSA) is 83.1 Å². The van der Waals surface area contributed by atoms with Crippen molar-refractivity contribution < 1.29 is 9.59 Å². The molecular weight excluding hydrogens is 264 g/mol. The van der Waals surface area contributed by atoms with E-state index in [1.54, 1.807) is 11.3 Å². The normalized spacial score (nSPS) is 20.7. The van der Waals surface area contributed by atoms with E-state index in [4.69, 9.17) is 0 Å². The molecule has 2 unspecified atom stereocenters. The van der Waals surface area contributed by atoms with Crippen molar-refractivity contribution in [1.29, 1.82) is 0 Å². The highest BCUT2D eigenvalue weighted by molar-refractivity contribution is 7.11. The Kier molecular flexibility index (Phi) is 4.49. The lowest BCUT2D eigenvalue weighted by molar-refractivity contribution is -0.127. The van der Waals surface area contributed by atoms with Crippen LogP contribution in [-0.2, 0) is 16.0 Å². The fourth-order valence-corrected chi connectivity index (χ4v) is 2.67. The number of hydrogen-bond donors (Lipinski definition) is 3. The Bertz CT molecular complexity index is 464. The number of carbonyl (C=O) groups is 2. The van der Waals surface area contributed by atoms with Gasteiger partial charge < -0.3 is 10.6 Å². The van der Waals surface area contributed by atoms with Crippen LogP contribution >= 0.6 is 11.3 Å². The SMILES string of the molecule is CCc1cnc(C(C)NC(=O)C2CNC(=O)CN2)s1. The van der Waals surface area contributed by atoms with Gasteiger partial charge >= 0.3 is 0 Å². The Labute approximate surface area is 116 Å². The van der Waals surface area contributed by atoms with Crippen molar-refractivity contribution in [2.75, 3.05) is 13.1 Å². The van der Waals surface area contributed by atoms with Crippen LogP contribution in [0.1, 0.15) is 29.8 Å². The van der Waals surface area contributed by atoms with E-state index in [0.717, 1.165) is 11.4 Å². The van der Waals surface area contributed by atoms with Crippen molar-refractivity contribution in [2.45, 2.75) is 32.4 Å². The van der Waals surface area contributed by atoms with Gasteiger partial charge in [-0.2, -0.15) is 0 Å². The van der Waals surface area contributed by atoms with E-state index in [9.17, 15) is 9.59 Å². The van der Waals surface area contributed by atoms with Gasteiger partial charge in [0.2, 0.25) is 11.8 Å². The quantitative estimate of drug-likeness (QED) is 0.724. The Morgan fingerprint density at radius 3 is 3.05 bits per heavy atom. The van der Waals surface area contributed by atoms with Gasteiger partial charge in [0.05, 0.1) is 12.6 Å². The van der Waals surface area contributed by atoms with Gasteiger partial charge in [0.1, 0.15) is 11.0 Å². The molecule has 19 heavy (non-hydrogen) atoms. The van der Waals surface area contributed by atoms with E-state index in [1.165, 1.54) is 4.88 Å². The van der Waals surface area contributed by atoms with E-state index in [-0.39, 0.29) is 30.4 Å². The smallest absolute Gasteiger partial charge is 0.239 e. The summed E-state index contributed by atoms with van der Waals surface area (Å²) >= 11 is 1.61. The molecular formula is C12H18N4O2S. The molecule has 0 radical (unpaired) electrons. The van der Waals surface area contributed by atoms with Crippen LogP contribution in [0.3, 0.4) is 0 Å². The van der Waals surface area contributed by atoms with Gasteiger partial charge in [0.15, 0.2) is 0 Å². The summed E-state index contributed by atoms with van der Waals surface area (Å²) in [6.07, 6.45) is 2.80.